The topological polar surface area (TPSA) is 48.2 Å². The molecular formula is C58H48N4. The normalized spacial score (nSPS) is 14.8. The van der Waals surface area contributed by atoms with Crippen LogP contribution in [0.5, 0.6) is 0 Å². The molecule has 9 aromatic rings. The highest BCUT2D eigenvalue weighted by molar-refractivity contribution is 6.17. The van der Waals surface area contributed by atoms with Crippen LogP contribution < -0.4 is 5.73 Å². The Balaban J connectivity index is 0.975. The van der Waals surface area contributed by atoms with Crippen molar-refractivity contribution in [1.29, 1.82) is 0 Å². The summed E-state index contributed by atoms with van der Waals surface area (Å²) in [5.74, 6) is 0. The lowest BCUT2D eigenvalue weighted by Crippen LogP contribution is -2.08. The summed E-state index contributed by atoms with van der Waals surface area (Å²) in [6, 6.07) is 59.4. The third-order valence-electron chi connectivity index (χ3n) is 12.8. The highest BCUT2D eigenvalue weighted by atomic mass is 15.0. The summed E-state index contributed by atoms with van der Waals surface area (Å²) in [4.78, 5) is 5.24. The molecule has 2 aliphatic rings. The highest BCUT2D eigenvalue weighted by Crippen LogP contribution is 2.41. The zero-order chi connectivity index (χ0) is 41.4. The van der Waals surface area contributed by atoms with Crippen molar-refractivity contribution in [2.75, 3.05) is 0 Å². The van der Waals surface area contributed by atoms with E-state index in [1.807, 2.05) is 18.2 Å². The van der Waals surface area contributed by atoms with Gasteiger partial charge in [0.15, 0.2) is 0 Å². The number of nitrogens with zero attached hydrogens (tertiary/aromatic N) is 3. The number of aromatic nitrogens is 2. The molecule has 0 saturated heterocycles. The molecule has 0 unspecified atom stereocenters. The fourth-order valence-electron chi connectivity index (χ4n) is 9.80. The van der Waals surface area contributed by atoms with Gasteiger partial charge in [-0.3, -0.25) is 4.99 Å². The third-order valence-corrected chi connectivity index (χ3v) is 12.8. The molecule has 0 spiro atoms. The van der Waals surface area contributed by atoms with Crippen LogP contribution in [0.2, 0.25) is 0 Å². The minimum absolute atomic E-state index is 0.575. The number of nitrogens with two attached hydrogens (primary N) is 1. The molecule has 7 aromatic carbocycles. The van der Waals surface area contributed by atoms with E-state index in [9.17, 15) is 0 Å². The Morgan fingerprint density at radius 3 is 2.11 bits per heavy atom. The van der Waals surface area contributed by atoms with E-state index in [0.29, 0.717) is 6.54 Å². The predicted octanol–water partition coefficient (Wildman–Crippen LogP) is 14.9. The maximum atomic E-state index is 6.66. The van der Waals surface area contributed by atoms with Crippen molar-refractivity contribution >= 4 is 60.7 Å². The van der Waals surface area contributed by atoms with Gasteiger partial charge >= 0.3 is 0 Å². The lowest BCUT2D eigenvalue weighted by molar-refractivity contribution is 0.717. The monoisotopic (exact) mass is 800 g/mol. The van der Waals surface area contributed by atoms with Crippen molar-refractivity contribution in [3.63, 3.8) is 0 Å². The van der Waals surface area contributed by atoms with E-state index in [1.165, 1.54) is 95.5 Å². The fraction of sp³-hybridized carbons (Fsp3) is 0.121. The summed E-state index contributed by atoms with van der Waals surface area (Å²) in [5.41, 5.74) is 24.0. The standard InChI is InChI=1S/C58H48N4/c59-52(42-18-4-1-5-19-42)38-53(43-20-6-2-7-21-43)60-39-40-17-14-22-44(37-40)47-27-16-32-56-57(47)51-26-11-13-31-55(51)61(56)46-35-33-41(34-36-46)48-28-15-29-50-49-25-10-12-30-54(49)62(58(48)50)45-23-8-3-9-24-45/h1,4-5,8,10-20,22-38H,2-3,6-7,9,21,39,59H2/b52-38-,60-53?. The SMILES string of the molecule is N/C(=C\C(=NCc1cccc(-c2cccc3c2c2ccccc2n3-c2ccc(-c3cccc4c5ccccc5n(C5=CCCC=C5)c34)cc2)c1)C1=CCCCC1)c1ccccc1. The molecule has 0 bridgehead atoms. The minimum atomic E-state index is 0.575. The average molecular weight is 801 g/mol. The van der Waals surface area contributed by atoms with Crippen molar-refractivity contribution < 1.29 is 0 Å². The molecule has 2 heterocycles. The van der Waals surface area contributed by atoms with E-state index in [0.717, 1.165) is 48.3 Å². The zero-order valence-corrected chi connectivity index (χ0v) is 34.8. The lowest BCUT2D eigenvalue weighted by atomic mass is 9.94. The molecule has 0 amide bonds. The van der Waals surface area contributed by atoms with Crippen LogP contribution in [0, 0.1) is 0 Å². The maximum absolute atomic E-state index is 6.66. The molecule has 300 valence electrons. The summed E-state index contributed by atoms with van der Waals surface area (Å²) in [5, 5.41) is 5.05. The quantitative estimate of drug-likeness (QED) is 0.145. The van der Waals surface area contributed by atoms with Crippen molar-refractivity contribution in [3.8, 4) is 27.9 Å². The number of fused-ring (bicyclic) bond motifs is 6. The van der Waals surface area contributed by atoms with Crippen molar-refractivity contribution in [2.45, 2.75) is 45.1 Å². The molecule has 4 nitrogen and oxygen atoms in total. The lowest BCUT2D eigenvalue weighted by Gasteiger charge is -2.15. The van der Waals surface area contributed by atoms with Gasteiger partial charge in [0.05, 0.1) is 34.3 Å². The summed E-state index contributed by atoms with van der Waals surface area (Å²) in [7, 11) is 0. The maximum Gasteiger partial charge on any atom is 0.0647 e. The van der Waals surface area contributed by atoms with E-state index in [1.54, 1.807) is 0 Å². The van der Waals surface area contributed by atoms with Gasteiger partial charge in [0.1, 0.15) is 0 Å². The van der Waals surface area contributed by atoms with Gasteiger partial charge in [-0.1, -0.05) is 146 Å². The zero-order valence-electron chi connectivity index (χ0n) is 34.8. The van der Waals surface area contributed by atoms with Crippen LogP contribution in [0.1, 0.15) is 49.7 Å². The van der Waals surface area contributed by atoms with Crippen LogP contribution in [-0.4, -0.2) is 14.8 Å². The summed E-state index contributed by atoms with van der Waals surface area (Å²) in [6.45, 7) is 0.575. The molecule has 0 fully saturated rings. The van der Waals surface area contributed by atoms with Crippen LogP contribution in [0.15, 0.2) is 205 Å². The largest absolute Gasteiger partial charge is 0.398 e. The smallest absolute Gasteiger partial charge is 0.0647 e. The van der Waals surface area contributed by atoms with Crippen LogP contribution in [-0.2, 0) is 6.54 Å². The summed E-state index contributed by atoms with van der Waals surface area (Å²) >= 11 is 0. The Bertz CT molecular complexity index is 3310. The van der Waals surface area contributed by atoms with Crippen LogP contribution in [0.25, 0.3) is 82.9 Å². The van der Waals surface area contributed by atoms with Crippen molar-refractivity contribution in [3.05, 3.63) is 211 Å². The van der Waals surface area contributed by atoms with Gasteiger partial charge in [0.25, 0.3) is 0 Å². The van der Waals surface area contributed by atoms with E-state index in [-0.39, 0.29) is 0 Å². The first-order valence-corrected chi connectivity index (χ1v) is 22.1. The number of hydrogen-bond acceptors (Lipinski definition) is 2. The number of allylic oxidation sites excluding steroid dienone is 7. The number of rotatable bonds is 9. The second kappa shape index (κ2) is 16.2. The third kappa shape index (κ3) is 6.78. The summed E-state index contributed by atoms with van der Waals surface area (Å²) < 4.78 is 4.89. The van der Waals surface area contributed by atoms with Gasteiger partial charge in [-0.05, 0) is 120 Å². The van der Waals surface area contributed by atoms with E-state index in [2.05, 4.69) is 185 Å². The summed E-state index contributed by atoms with van der Waals surface area (Å²) in [6.07, 6.45) is 18.1. The van der Waals surface area contributed by atoms with Gasteiger partial charge in [0.2, 0.25) is 0 Å². The average Bonchev–Trinajstić information content (AvgIpc) is 3.87. The van der Waals surface area contributed by atoms with Gasteiger partial charge in [-0.25, -0.2) is 0 Å². The first-order chi connectivity index (χ1) is 30.7. The minimum Gasteiger partial charge on any atom is -0.398 e. The molecule has 0 radical (unpaired) electrons. The number of para-hydroxylation sites is 3. The van der Waals surface area contributed by atoms with Gasteiger partial charge < -0.3 is 14.9 Å². The fourth-order valence-corrected chi connectivity index (χ4v) is 9.80. The van der Waals surface area contributed by atoms with Gasteiger partial charge in [-0.15, -0.1) is 0 Å². The second-order valence-corrected chi connectivity index (χ2v) is 16.6. The molecule has 2 N–H and O–H groups in total. The molecule has 0 saturated carbocycles. The first kappa shape index (κ1) is 37.6. The van der Waals surface area contributed by atoms with E-state index in [4.69, 9.17) is 10.7 Å². The predicted molar refractivity (Wildman–Crippen MR) is 264 cm³/mol. The number of aliphatic imine (C=N–C) groups is 1. The number of benzene rings is 7. The van der Waals surface area contributed by atoms with E-state index >= 15 is 0 Å². The first-order valence-electron chi connectivity index (χ1n) is 22.1. The Morgan fingerprint density at radius 2 is 1.31 bits per heavy atom. The molecule has 2 aliphatic carbocycles. The molecule has 62 heavy (non-hydrogen) atoms. The molecule has 2 aromatic heterocycles. The van der Waals surface area contributed by atoms with Gasteiger partial charge in [-0.2, -0.15) is 0 Å². The van der Waals surface area contributed by atoms with Crippen molar-refractivity contribution in [1.82, 2.24) is 9.13 Å². The second-order valence-electron chi connectivity index (χ2n) is 16.6. The Hall–Kier alpha value is -7.43. The Kier molecular flexibility index (Phi) is 9.82. The Morgan fingerprint density at radius 1 is 0.581 bits per heavy atom. The highest BCUT2D eigenvalue weighted by Gasteiger charge is 2.19. The molecule has 0 aliphatic heterocycles. The molecule has 11 rings (SSSR count). The van der Waals surface area contributed by atoms with E-state index < -0.39 is 0 Å². The van der Waals surface area contributed by atoms with Crippen molar-refractivity contribution in [2.24, 2.45) is 10.7 Å². The molecular weight excluding hydrogens is 753 g/mol. The van der Waals surface area contributed by atoms with Gasteiger partial charge in [0, 0.05) is 44.2 Å². The molecule has 4 heteroatoms. The number of hydrogen-bond donors (Lipinski definition) is 1. The van der Waals surface area contributed by atoms with Crippen LogP contribution in [0.4, 0.5) is 0 Å². The van der Waals surface area contributed by atoms with Crippen LogP contribution >= 0.6 is 0 Å². The van der Waals surface area contributed by atoms with Crippen LogP contribution in [0.3, 0.4) is 0 Å². The molecule has 0 atom stereocenters. The Labute approximate surface area is 363 Å².